The summed E-state index contributed by atoms with van der Waals surface area (Å²) in [5.74, 6) is -0.595. The Kier molecular flexibility index (Phi) is 8.72. The number of nitrogens with one attached hydrogen (secondary N) is 2. The normalized spacial score (nSPS) is 23.7. The highest BCUT2D eigenvalue weighted by molar-refractivity contribution is 5.94. The van der Waals surface area contributed by atoms with E-state index in [1.165, 1.54) is 0 Å². The minimum absolute atomic E-state index is 0.00562. The van der Waals surface area contributed by atoms with Crippen LogP contribution in [0.3, 0.4) is 0 Å². The molecule has 0 radical (unpaired) electrons. The maximum Gasteiger partial charge on any atom is 0.416 e. The van der Waals surface area contributed by atoms with E-state index >= 15 is 0 Å². The molecule has 3 rings (SSSR count). The molecule has 5 nitrogen and oxygen atoms in total. The van der Waals surface area contributed by atoms with Crippen LogP contribution < -0.4 is 10.6 Å². The van der Waals surface area contributed by atoms with Gasteiger partial charge >= 0.3 is 12.4 Å². The molecule has 1 aliphatic carbocycles. The van der Waals surface area contributed by atoms with Crippen molar-refractivity contribution in [3.8, 4) is 0 Å². The van der Waals surface area contributed by atoms with Crippen LogP contribution in [0.5, 0.6) is 0 Å². The number of likely N-dealkylation sites (tertiary alicyclic amines) is 1. The molecule has 0 spiro atoms. The van der Waals surface area contributed by atoms with Crippen molar-refractivity contribution >= 4 is 11.8 Å². The highest BCUT2D eigenvalue weighted by Crippen LogP contribution is 2.36. The smallest absolute Gasteiger partial charge is 0.349 e. The maximum atomic E-state index is 13.0. The average Bonchev–Trinajstić information content (AvgIpc) is 2.79. The minimum Gasteiger partial charge on any atom is -0.349 e. The van der Waals surface area contributed by atoms with Gasteiger partial charge in [0.2, 0.25) is 5.91 Å². The van der Waals surface area contributed by atoms with Crippen LogP contribution in [-0.4, -0.2) is 48.4 Å². The molecule has 1 atom stereocenters. The summed E-state index contributed by atoms with van der Waals surface area (Å²) >= 11 is 0. The summed E-state index contributed by atoms with van der Waals surface area (Å²) < 4.78 is 78.3. The Morgan fingerprint density at radius 1 is 0.914 bits per heavy atom. The van der Waals surface area contributed by atoms with E-state index in [0.717, 1.165) is 38.6 Å². The summed E-state index contributed by atoms with van der Waals surface area (Å²) in [6.45, 7) is 3.73. The number of carbonyl (C=O) groups excluding carboxylic acids is 2. The van der Waals surface area contributed by atoms with Gasteiger partial charge in [-0.2, -0.15) is 26.3 Å². The molecule has 1 unspecified atom stereocenters. The second kappa shape index (κ2) is 11.2. The number of carbonyl (C=O) groups is 2. The first-order valence-electron chi connectivity index (χ1n) is 11.9. The van der Waals surface area contributed by atoms with E-state index in [2.05, 4.69) is 17.6 Å². The third kappa shape index (κ3) is 7.59. The van der Waals surface area contributed by atoms with Gasteiger partial charge in [-0.05, 0) is 82.5 Å². The molecule has 2 amide bonds. The van der Waals surface area contributed by atoms with Gasteiger partial charge in [-0.25, -0.2) is 0 Å². The predicted molar refractivity (Wildman–Crippen MR) is 118 cm³/mol. The van der Waals surface area contributed by atoms with Gasteiger partial charge in [0.1, 0.15) is 0 Å². The van der Waals surface area contributed by atoms with Crippen molar-refractivity contribution in [3.05, 3.63) is 34.9 Å². The number of halogens is 6. The Morgan fingerprint density at radius 3 is 2.06 bits per heavy atom. The second-order valence-electron chi connectivity index (χ2n) is 9.55. The number of hydrogen-bond donors (Lipinski definition) is 2. The van der Waals surface area contributed by atoms with E-state index in [-0.39, 0.29) is 36.5 Å². The number of nitrogens with zero attached hydrogens (tertiary/aromatic N) is 1. The fourth-order valence-electron chi connectivity index (χ4n) is 4.82. The predicted octanol–water partition coefficient (Wildman–Crippen LogP) is 5.00. The van der Waals surface area contributed by atoms with Crippen molar-refractivity contribution < 1.29 is 35.9 Å². The van der Waals surface area contributed by atoms with Crippen molar-refractivity contribution in [3.63, 3.8) is 0 Å². The molecule has 2 fully saturated rings. The van der Waals surface area contributed by atoms with E-state index in [4.69, 9.17) is 0 Å². The highest BCUT2D eigenvalue weighted by Gasteiger charge is 2.37. The lowest BCUT2D eigenvalue weighted by Gasteiger charge is -2.34. The quantitative estimate of drug-likeness (QED) is 0.533. The van der Waals surface area contributed by atoms with Gasteiger partial charge in [-0.15, -0.1) is 0 Å². The number of benzene rings is 1. The standard InChI is InChI=1S/C24H31F6N3O2/c1-15-4-2-3-9-33(15)21(34)14-31-13-16-5-7-20(8-6-16)32-22(35)17-10-18(23(25,26)27)12-19(11-17)24(28,29)30/h10-12,15-16,20,31H,2-9,13-14H2,1H3,(H,32,35)/t15?,16-,20-. The third-order valence-electron chi connectivity index (χ3n) is 6.86. The van der Waals surface area contributed by atoms with E-state index < -0.39 is 35.0 Å². The summed E-state index contributed by atoms with van der Waals surface area (Å²) in [5, 5.41) is 5.78. The van der Waals surface area contributed by atoms with E-state index in [1.807, 2.05) is 4.90 Å². The zero-order valence-corrected chi connectivity index (χ0v) is 19.6. The van der Waals surface area contributed by atoms with Gasteiger partial charge in [0.05, 0.1) is 17.7 Å². The molecule has 1 saturated carbocycles. The molecular formula is C24H31F6N3O2. The highest BCUT2D eigenvalue weighted by atomic mass is 19.4. The van der Waals surface area contributed by atoms with Gasteiger partial charge < -0.3 is 15.5 Å². The summed E-state index contributed by atoms with van der Waals surface area (Å²) in [6.07, 6.45) is -4.28. The largest absolute Gasteiger partial charge is 0.416 e. The fourth-order valence-corrected chi connectivity index (χ4v) is 4.82. The number of amides is 2. The van der Waals surface area contributed by atoms with Crippen LogP contribution in [0.15, 0.2) is 18.2 Å². The van der Waals surface area contributed by atoms with Gasteiger partial charge in [-0.3, -0.25) is 9.59 Å². The molecule has 1 aromatic rings. The Hall–Kier alpha value is -2.30. The fraction of sp³-hybridized carbons (Fsp3) is 0.667. The molecule has 11 heteroatoms. The first-order chi connectivity index (χ1) is 16.3. The van der Waals surface area contributed by atoms with Gasteiger partial charge in [-0.1, -0.05) is 0 Å². The number of rotatable bonds is 6. The lowest BCUT2D eigenvalue weighted by molar-refractivity contribution is -0.143. The summed E-state index contributed by atoms with van der Waals surface area (Å²) in [6, 6.07) is 0.811. The molecule has 2 N–H and O–H groups in total. The van der Waals surface area contributed by atoms with Gasteiger partial charge in [0.15, 0.2) is 0 Å². The molecule has 1 aromatic carbocycles. The zero-order valence-electron chi connectivity index (χ0n) is 19.6. The average molecular weight is 508 g/mol. The van der Waals surface area contributed by atoms with Crippen LogP contribution in [0, 0.1) is 5.92 Å². The van der Waals surface area contributed by atoms with Gasteiger partial charge in [0, 0.05) is 24.2 Å². The molecule has 1 saturated heterocycles. The molecule has 2 aliphatic rings. The SMILES string of the molecule is CC1CCCCN1C(=O)CNC[C@H]1CC[C@H](NC(=O)c2cc(C(F)(F)F)cc(C(F)(F)F)c2)CC1. The van der Waals surface area contributed by atoms with Crippen molar-refractivity contribution in [2.24, 2.45) is 5.92 Å². The van der Waals surface area contributed by atoms with E-state index in [9.17, 15) is 35.9 Å². The Labute approximate surface area is 200 Å². The molecule has 1 aliphatic heterocycles. The van der Waals surface area contributed by atoms with Crippen LogP contribution in [0.1, 0.15) is 73.4 Å². The maximum absolute atomic E-state index is 13.0. The summed E-state index contributed by atoms with van der Waals surface area (Å²) in [7, 11) is 0. The van der Waals surface area contributed by atoms with Gasteiger partial charge in [0.25, 0.3) is 5.91 Å². The Balaban J connectivity index is 1.48. The monoisotopic (exact) mass is 507 g/mol. The molecule has 35 heavy (non-hydrogen) atoms. The topological polar surface area (TPSA) is 61.4 Å². The van der Waals surface area contributed by atoms with Crippen molar-refractivity contribution in [2.75, 3.05) is 19.6 Å². The van der Waals surface area contributed by atoms with Crippen LogP contribution in [-0.2, 0) is 17.1 Å². The van der Waals surface area contributed by atoms with E-state index in [0.29, 0.717) is 31.5 Å². The summed E-state index contributed by atoms with van der Waals surface area (Å²) in [5.41, 5.74) is -3.69. The first kappa shape index (κ1) is 27.3. The molecule has 196 valence electrons. The van der Waals surface area contributed by atoms with Crippen LogP contribution in [0.2, 0.25) is 0 Å². The molecular weight excluding hydrogens is 476 g/mol. The van der Waals surface area contributed by atoms with E-state index in [1.54, 1.807) is 0 Å². The number of alkyl halides is 6. The zero-order chi connectivity index (χ0) is 25.8. The van der Waals surface area contributed by atoms with Crippen LogP contribution >= 0.6 is 0 Å². The van der Waals surface area contributed by atoms with Crippen LogP contribution in [0.4, 0.5) is 26.3 Å². The Bertz CT molecular complexity index is 862. The van der Waals surface area contributed by atoms with Crippen LogP contribution in [0.25, 0.3) is 0 Å². The number of piperidine rings is 1. The third-order valence-corrected chi connectivity index (χ3v) is 6.86. The molecule has 1 heterocycles. The minimum atomic E-state index is -5.01. The van der Waals surface area contributed by atoms with Crippen molar-refractivity contribution in [2.45, 2.75) is 76.3 Å². The lowest BCUT2D eigenvalue weighted by Crippen LogP contribution is -2.46. The molecule has 0 aromatic heterocycles. The lowest BCUT2D eigenvalue weighted by atomic mass is 9.86. The van der Waals surface area contributed by atoms with Crippen molar-refractivity contribution in [1.29, 1.82) is 0 Å². The second-order valence-corrected chi connectivity index (χ2v) is 9.55. The summed E-state index contributed by atoms with van der Waals surface area (Å²) in [4.78, 5) is 26.8. The number of hydrogen-bond acceptors (Lipinski definition) is 3. The Morgan fingerprint density at radius 2 is 1.51 bits per heavy atom. The van der Waals surface area contributed by atoms with Crippen molar-refractivity contribution in [1.82, 2.24) is 15.5 Å². The first-order valence-corrected chi connectivity index (χ1v) is 11.9. The molecule has 0 bridgehead atoms.